The van der Waals surface area contributed by atoms with E-state index in [1.807, 2.05) is 5.38 Å². The summed E-state index contributed by atoms with van der Waals surface area (Å²) in [6.45, 7) is 1.59. The van der Waals surface area contributed by atoms with Gasteiger partial charge < -0.3 is 5.32 Å². The maximum absolute atomic E-state index is 11.6. The Morgan fingerprint density at radius 1 is 1.53 bits per heavy atom. The number of nitrogens with zero attached hydrogens (tertiary/aromatic N) is 1. The van der Waals surface area contributed by atoms with E-state index in [-0.39, 0.29) is 18.2 Å². The van der Waals surface area contributed by atoms with Crippen molar-refractivity contribution >= 4 is 23.2 Å². The third-order valence-corrected chi connectivity index (χ3v) is 3.12. The Kier molecular flexibility index (Phi) is 4.11. The number of thiophene rings is 1. The first-order valence-corrected chi connectivity index (χ1v) is 6.45. The average Bonchev–Trinajstić information content (AvgIpc) is 3.02. The Morgan fingerprint density at radius 2 is 2.41 bits per heavy atom. The summed E-state index contributed by atoms with van der Waals surface area (Å²) in [5, 5.41) is 7.70. The molecule has 2 amide bonds. The molecule has 92 valence electrons. The smallest absolute Gasteiger partial charge is 0.252 e. The predicted octanol–water partition coefficient (Wildman–Crippen LogP) is 1.03. The lowest BCUT2D eigenvalue weighted by Gasteiger charge is -2.13. The van der Waals surface area contributed by atoms with E-state index < -0.39 is 0 Å². The number of nitrogens with one attached hydrogen (secondary N) is 1. The number of hydrogen-bond donors (Lipinski definition) is 1. The van der Waals surface area contributed by atoms with Gasteiger partial charge in [0.25, 0.3) is 5.91 Å². The first-order chi connectivity index (χ1) is 8.27. The van der Waals surface area contributed by atoms with Gasteiger partial charge in [0.15, 0.2) is 0 Å². The zero-order valence-corrected chi connectivity index (χ0v) is 10.2. The molecule has 0 unspecified atom stereocenters. The minimum Gasteiger partial charge on any atom is -0.351 e. The minimum atomic E-state index is -0.138. The lowest BCUT2D eigenvalue weighted by molar-refractivity contribution is -0.168. The van der Waals surface area contributed by atoms with Crippen molar-refractivity contribution in [1.29, 1.82) is 0 Å². The molecule has 0 radical (unpaired) electrons. The monoisotopic (exact) mass is 254 g/mol. The lowest BCUT2D eigenvalue weighted by atomic mass is 10.3. The topological polar surface area (TPSA) is 58.6 Å². The highest BCUT2D eigenvalue weighted by Crippen LogP contribution is 2.07. The molecular formula is C11H14N2O3S. The van der Waals surface area contributed by atoms with Crippen LogP contribution in [-0.2, 0) is 9.63 Å². The zero-order valence-electron chi connectivity index (χ0n) is 9.35. The Bertz CT molecular complexity index is 385. The van der Waals surface area contributed by atoms with E-state index in [1.165, 1.54) is 16.4 Å². The van der Waals surface area contributed by atoms with Gasteiger partial charge in [-0.3, -0.25) is 14.4 Å². The fourth-order valence-electron chi connectivity index (χ4n) is 1.55. The van der Waals surface area contributed by atoms with Crippen LogP contribution in [0.1, 0.15) is 23.2 Å². The second-order valence-electron chi connectivity index (χ2n) is 3.70. The molecule has 0 spiro atoms. The number of hydroxylamine groups is 2. The van der Waals surface area contributed by atoms with Crippen LogP contribution in [0.25, 0.3) is 0 Å². The quantitative estimate of drug-likeness (QED) is 0.873. The third kappa shape index (κ3) is 3.28. The molecule has 6 heteroatoms. The third-order valence-electron chi connectivity index (χ3n) is 2.44. The highest BCUT2D eigenvalue weighted by molar-refractivity contribution is 7.08. The molecule has 5 nitrogen and oxygen atoms in total. The van der Waals surface area contributed by atoms with Crippen LogP contribution in [0.4, 0.5) is 0 Å². The molecule has 0 saturated carbocycles. The van der Waals surface area contributed by atoms with Crippen LogP contribution in [-0.4, -0.2) is 36.6 Å². The number of carbonyl (C=O) groups is 2. The maximum Gasteiger partial charge on any atom is 0.252 e. The molecule has 1 aromatic rings. The van der Waals surface area contributed by atoms with E-state index in [0.29, 0.717) is 25.3 Å². The van der Waals surface area contributed by atoms with Gasteiger partial charge in [-0.05, 0) is 17.9 Å². The molecule has 1 fully saturated rings. The van der Waals surface area contributed by atoms with Crippen molar-refractivity contribution in [3.8, 4) is 0 Å². The molecular weight excluding hydrogens is 240 g/mol. The van der Waals surface area contributed by atoms with Crippen LogP contribution in [0.3, 0.4) is 0 Å². The normalized spacial score (nSPS) is 14.9. The molecule has 0 aromatic carbocycles. The molecule has 17 heavy (non-hydrogen) atoms. The number of hydrogen-bond acceptors (Lipinski definition) is 4. The fourth-order valence-corrected chi connectivity index (χ4v) is 2.18. The Balaban J connectivity index is 1.69. The molecule has 2 rings (SSSR count). The van der Waals surface area contributed by atoms with Crippen molar-refractivity contribution in [2.24, 2.45) is 0 Å². The molecule has 0 bridgehead atoms. The van der Waals surface area contributed by atoms with Crippen molar-refractivity contribution in [3.63, 3.8) is 0 Å². The fraction of sp³-hybridized carbons (Fsp3) is 0.455. The van der Waals surface area contributed by atoms with Crippen LogP contribution in [0, 0.1) is 0 Å². The summed E-state index contributed by atoms with van der Waals surface area (Å²) < 4.78 is 0. The highest BCUT2D eigenvalue weighted by atomic mass is 32.1. The predicted molar refractivity (Wildman–Crippen MR) is 63.6 cm³/mol. The molecule has 1 N–H and O–H groups in total. The van der Waals surface area contributed by atoms with Crippen LogP contribution in [0.15, 0.2) is 16.8 Å². The van der Waals surface area contributed by atoms with Gasteiger partial charge >= 0.3 is 0 Å². The van der Waals surface area contributed by atoms with Gasteiger partial charge in [-0.1, -0.05) is 0 Å². The standard InChI is InChI=1S/C11H14N2O3S/c14-10(13-5-1-6-16-13)2-4-12-11(15)9-3-7-17-8-9/h3,7-8H,1-2,4-6H2,(H,12,15). The van der Waals surface area contributed by atoms with E-state index in [9.17, 15) is 9.59 Å². The van der Waals surface area contributed by atoms with E-state index in [0.717, 1.165) is 6.42 Å². The number of carbonyl (C=O) groups excluding carboxylic acids is 2. The van der Waals surface area contributed by atoms with E-state index in [1.54, 1.807) is 11.4 Å². The maximum atomic E-state index is 11.6. The average molecular weight is 254 g/mol. The molecule has 0 aliphatic carbocycles. The van der Waals surface area contributed by atoms with Crippen molar-refractivity contribution in [1.82, 2.24) is 10.4 Å². The molecule has 1 aliphatic heterocycles. The number of amides is 2. The summed E-state index contributed by atoms with van der Waals surface area (Å²) in [6.07, 6.45) is 1.16. The van der Waals surface area contributed by atoms with Crippen LogP contribution >= 0.6 is 11.3 Å². The van der Waals surface area contributed by atoms with Crippen LogP contribution in [0.2, 0.25) is 0 Å². The summed E-state index contributed by atoms with van der Waals surface area (Å²) in [7, 11) is 0. The summed E-state index contributed by atoms with van der Waals surface area (Å²) in [5.41, 5.74) is 0.639. The summed E-state index contributed by atoms with van der Waals surface area (Å²) >= 11 is 1.47. The Labute approximate surface area is 103 Å². The van der Waals surface area contributed by atoms with Crippen molar-refractivity contribution in [3.05, 3.63) is 22.4 Å². The summed E-state index contributed by atoms with van der Waals surface area (Å²) in [6, 6.07) is 1.76. The van der Waals surface area contributed by atoms with Gasteiger partial charge in [-0.25, -0.2) is 5.06 Å². The van der Waals surface area contributed by atoms with Crippen molar-refractivity contribution < 1.29 is 14.4 Å². The molecule has 1 saturated heterocycles. The minimum absolute atomic E-state index is 0.0758. The first kappa shape index (κ1) is 12.1. The van der Waals surface area contributed by atoms with Crippen molar-refractivity contribution in [2.45, 2.75) is 12.8 Å². The molecule has 1 aliphatic rings. The van der Waals surface area contributed by atoms with Gasteiger partial charge in [0, 0.05) is 23.9 Å². The first-order valence-electron chi connectivity index (χ1n) is 5.51. The SMILES string of the molecule is O=C(NCCC(=O)N1CCCO1)c1ccsc1. The van der Waals surface area contributed by atoms with Crippen LogP contribution in [0.5, 0.6) is 0 Å². The highest BCUT2D eigenvalue weighted by Gasteiger charge is 2.18. The molecule has 1 aromatic heterocycles. The van der Waals surface area contributed by atoms with Gasteiger partial charge in [-0.2, -0.15) is 11.3 Å². The Morgan fingerprint density at radius 3 is 3.06 bits per heavy atom. The van der Waals surface area contributed by atoms with Gasteiger partial charge in [0.2, 0.25) is 5.91 Å². The second-order valence-corrected chi connectivity index (χ2v) is 4.48. The van der Waals surface area contributed by atoms with Gasteiger partial charge in [0.1, 0.15) is 0 Å². The van der Waals surface area contributed by atoms with Crippen molar-refractivity contribution in [2.75, 3.05) is 19.7 Å². The zero-order chi connectivity index (χ0) is 12.1. The summed E-state index contributed by atoms with van der Waals surface area (Å²) in [4.78, 5) is 28.2. The van der Waals surface area contributed by atoms with Crippen LogP contribution < -0.4 is 5.32 Å². The van der Waals surface area contributed by atoms with Gasteiger partial charge in [0.05, 0.1) is 13.2 Å². The second kappa shape index (κ2) is 5.79. The Hall–Kier alpha value is -1.40. The molecule has 2 heterocycles. The van der Waals surface area contributed by atoms with E-state index >= 15 is 0 Å². The molecule has 0 atom stereocenters. The van der Waals surface area contributed by atoms with E-state index in [4.69, 9.17) is 4.84 Å². The number of rotatable bonds is 4. The van der Waals surface area contributed by atoms with E-state index in [2.05, 4.69) is 5.32 Å². The lowest BCUT2D eigenvalue weighted by Crippen LogP contribution is -2.31. The van der Waals surface area contributed by atoms with Gasteiger partial charge in [-0.15, -0.1) is 0 Å². The summed E-state index contributed by atoms with van der Waals surface area (Å²) in [5.74, 6) is -0.213. The largest absolute Gasteiger partial charge is 0.351 e.